The molecule has 1 heterocycles. The van der Waals surface area contributed by atoms with Crippen molar-refractivity contribution in [2.24, 2.45) is 5.41 Å². The van der Waals surface area contributed by atoms with Gasteiger partial charge in [-0.2, -0.15) is 11.8 Å². The van der Waals surface area contributed by atoms with Gasteiger partial charge in [-0.25, -0.2) is 4.79 Å². The quantitative estimate of drug-likeness (QED) is 0.366. The molecule has 1 aromatic carbocycles. The summed E-state index contributed by atoms with van der Waals surface area (Å²) in [6.07, 6.45) is 1.15. The molecule has 1 aliphatic heterocycles. The zero-order valence-electron chi connectivity index (χ0n) is 19.4. The van der Waals surface area contributed by atoms with Crippen molar-refractivity contribution in [2.45, 2.75) is 53.4 Å². The predicted octanol–water partition coefficient (Wildman–Crippen LogP) is 4.51. The summed E-state index contributed by atoms with van der Waals surface area (Å²) in [5.74, 6) is 0.805. The number of ketones is 1. The van der Waals surface area contributed by atoms with Crippen LogP contribution in [0, 0.1) is 5.41 Å². The van der Waals surface area contributed by atoms with Crippen LogP contribution in [0.25, 0.3) is 0 Å². The van der Waals surface area contributed by atoms with E-state index in [-0.39, 0.29) is 11.2 Å². The SMILES string of the molecule is CCSCCOC(=O)C1=C(C)NC2=C(C(=O)CC(C)(C)C2)[C@@H]1c1ccc(OC(C)=O)cc1. The number of dihydropyridines is 1. The molecule has 0 amide bonds. The highest BCUT2D eigenvalue weighted by Gasteiger charge is 2.43. The van der Waals surface area contributed by atoms with Gasteiger partial charge < -0.3 is 14.8 Å². The van der Waals surface area contributed by atoms with Gasteiger partial charge in [0, 0.05) is 42.0 Å². The number of ether oxygens (including phenoxy) is 2. The second-order valence-electron chi connectivity index (χ2n) is 8.93. The van der Waals surface area contributed by atoms with Gasteiger partial charge in [-0.15, -0.1) is 0 Å². The average Bonchev–Trinajstić information content (AvgIpc) is 2.69. The topological polar surface area (TPSA) is 81.7 Å². The van der Waals surface area contributed by atoms with Gasteiger partial charge in [0.15, 0.2) is 5.78 Å². The van der Waals surface area contributed by atoms with Crippen molar-refractivity contribution in [3.63, 3.8) is 0 Å². The minimum Gasteiger partial charge on any atom is -0.461 e. The highest BCUT2D eigenvalue weighted by atomic mass is 32.2. The first kappa shape index (κ1) is 24.1. The molecule has 0 spiro atoms. The van der Waals surface area contributed by atoms with Crippen LogP contribution in [-0.4, -0.2) is 35.8 Å². The van der Waals surface area contributed by atoms with Gasteiger partial charge in [-0.05, 0) is 42.2 Å². The van der Waals surface area contributed by atoms with Crippen LogP contribution in [-0.2, 0) is 19.1 Å². The fourth-order valence-electron chi connectivity index (χ4n) is 4.35. The van der Waals surface area contributed by atoms with Crippen LogP contribution in [0.2, 0.25) is 0 Å². The maximum Gasteiger partial charge on any atom is 0.336 e. The minimum atomic E-state index is -0.521. The second-order valence-corrected chi connectivity index (χ2v) is 10.3. The Kier molecular flexibility index (Phi) is 7.49. The normalized spacial score (nSPS) is 19.9. The van der Waals surface area contributed by atoms with Crippen LogP contribution in [0.15, 0.2) is 46.8 Å². The van der Waals surface area contributed by atoms with Gasteiger partial charge in [0.1, 0.15) is 12.4 Å². The Hall–Kier alpha value is -2.54. The fraction of sp³-hybridized carbons (Fsp3) is 0.480. The van der Waals surface area contributed by atoms with Crippen LogP contribution in [0.1, 0.15) is 58.9 Å². The molecule has 172 valence electrons. The Labute approximate surface area is 193 Å². The Balaban J connectivity index is 2.01. The number of hydrogen-bond acceptors (Lipinski definition) is 7. The lowest BCUT2D eigenvalue weighted by atomic mass is 9.68. The third kappa shape index (κ3) is 5.44. The molecule has 0 radical (unpaired) electrons. The van der Waals surface area contributed by atoms with Gasteiger partial charge in [-0.1, -0.05) is 32.9 Å². The Morgan fingerprint density at radius 1 is 1.19 bits per heavy atom. The summed E-state index contributed by atoms with van der Waals surface area (Å²) in [5.41, 5.74) is 3.30. The van der Waals surface area contributed by atoms with Crippen molar-refractivity contribution < 1.29 is 23.9 Å². The maximum absolute atomic E-state index is 13.3. The van der Waals surface area contributed by atoms with Crippen molar-refractivity contribution in [1.82, 2.24) is 5.32 Å². The Morgan fingerprint density at radius 2 is 1.88 bits per heavy atom. The summed E-state index contributed by atoms with van der Waals surface area (Å²) in [4.78, 5) is 37.7. The summed E-state index contributed by atoms with van der Waals surface area (Å²) in [7, 11) is 0. The summed E-state index contributed by atoms with van der Waals surface area (Å²) in [6.45, 7) is 9.73. The van der Waals surface area contributed by atoms with Gasteiger partial charge in [-0.3, -0.25) is 9.59 Å². The van der Waals surface area contributed by atoms with E-state index in [9.17, 15) is 14.4 Å². The number of hydrogen-bond donors (Lipinski definition) is 1. The van der Waals surface area contributed by atoms with Crippen molar-refractivity contribution >= 4 is 29.5 Å². The third-order valence-corrected chi connectivity index (χ3v) is 6.46. The van der Waals surface area contributed by atoms with Crippen LogP contribution in [0.3, 0.4) is 0 Å². The number of nitrogens with one attached hydrogen (secondary N) is 1. The first-order valence-corrected chi connectivity index (χ1v) is 12.1. The van der Waals surface area contributed by atoms with E-state index in [1.807, 2.05) is 6.92 Å². The van der Waals surface area contributed by atoms with Gasteiger partial charge in [0.05, 0.1) is 5.57 Å². The lowest BCUT2D eigenvalue weighted by Gasteiger charge is -2.39. The highest BCUT2D eigenvalue weighted by Crippen LogP contribution is 2.46. The molecule has 0 saturated heterocycles. The summed E-state index contributed by atoms with van der Waals surface area (Å²) in [5, 5.41) is 3.34. The van der Waals surface area contributed by atoms with E-state index in [1.54, 1.807) is 36.0 Å². The molecular formula is C25H31NO5S. The van der Waals surface area contributed by atoms with Gasteiger partial charge >= 0.3 is 11.9 Å². The molecular weight excluding hydrogens is 426 g/mol. The molecule has 0 unspecified atom stereocenters. The molecule has 0 bridgehead atoms. The van der Waals surface area contributed by atoms with Crippen molar-refractivity contribution in [3.8, 4) is 5.75 Å². The monoisotopic (exact) mass is 457 g/mol. The number of Topliss-reactive ketones (excluding diaryl/α,β-unsaturated/α-hetero) is 1. The van der Waals surface area contributed by atoms with E-state index < -0.39 is 17.9 Å². The average molecular weight is 458 g/mol. The number of esters is 2. The van der Waals surface area contributed by atoms with Crippen molar-refractivity contribution in [2.75, 3.05) is 18.1 Å². The largest absolute Gasteiger partial charge is 0.461 e. The summed E-state index contributed by atoms with van der Waals surface area (Å²) < 4.78 is 10.7. The first-order valence-electron chi connectivity index (χ1n) is 10.9. The van der Waals surface area contributed by atoms with Gasteiger partial charge in [0.25, 0.3) is 0 Å². The van der Waals surface area contributed by atoms with Crippen LogP contribution in [0.5, 0.6) is 5.75 Å². The van der Waals surface area contributed by atoms with E-state index in [2.05, 4.69) is 26.1 Å². The maximum atomic E-state index is 13.3. The second kappa shape index (κ2) is 9.94. The number of thioether (sulfide) groups is 1. The van der Waals surface area contributed by atoms with Crippen LogP contribution < -0.4 is 10.1 Å². The molecule has 32 heavy (non-hydrogen) atoms. The van der Waals surface area contributed by atoms with E-state index in [0.29, 0.717) is 35.6 Å². The molecule has 1 atom stereocenters. The molecule has 0 saturated carbocycles. The minimum absolute atomic E-state index is 0.0390. The highest BCUT2D eigenvalue weighted by molar-refractivity contribution is 7.99. The zero-order chi connectivity index (χ0) is 23.5. The lowest BCUT2D eigenvalue weighted by Crippen LogP contribution is -2.38. The molecule has 3 rings (SSSR count). The molecule has 7 heteroatoms. The van der Waals surface area contributed by atoms with Crippen LogP contribution >= 0.6 is 11.8 Å². The van der Waals surface area contributed by atoms with E-state index in [4.69, 9.17) is 9.47 Å². The number of benzene rings is 1. The third-order valence-electron chi connectivity index (χ3n) is 5.60. The van der Waals surface area contributed by atoms with E-state index >= 15 is 0 Å². The molecule has 1 aliphatic carbocycles. The zero-order valence-corrected chi connectivity index (χ0v) is 20.2. The van der Waals surface area contributed by atoms with Crippen molar-refractivity contribution in [1.29, 1.82) is 0 Å². The number of rotatable bonds is 7. The standard InChI is InChI=1S/C25H31NO5S/c1-6-32-12-11-30-24(29)21-15(2)26-19-13-25(4,5)14-20(28)23(19)22(21)17-7-9-18(10-8-17)31-16(3)27/h7-10,22,26H,6,11-14H2,1-5H3/t22-/m1/s1. The van der Waals surface area contributed by atoms with Gasteiger partial charge in [0.2, 0.25) is 0 Å². The smallest absolute Gasteiger partial charge is 0.336 e. The van der Waals surface area contributed by atoms with E-state index in [0.717, 1.165) is 29.2 Å². The van der Waals surface area contributed by atoms with E-state index in [1.165, 1.54) is 6.92 Å². The number of allylic oxidation sites excluding steroid dienone is 3. The van der Waals surface area contributed by atoms with Crippen molar-refractivity contribution in [3.05, 3.63) is 52.4 Å². The number of carbonyl (C=O) groups excluding carboxylic acids is 3. The summed E-state index contributed by atoms with van der Waals surface area (Å²) in [6, 6.07) is 6.98. The number of carbonyl (C=O) groups is 3. The predicted molar refractivity (Wildman–Crippen MR) is 125 cm³/mol. The molecule has 6 nitrogen and oxygen atoms in total. The van der Waals surface area contributed by atoms with Crippen LogP contribution in [0.4, 0.5) is 0 Å². The summed E-state index contributed by atoms with van der Waals surface area (Å²) >= 11 is 1.71. The molecule has 0 fully saturated rings. The first-order chi connectivity index (χ1) is 15.1. The Morgan fingerprint density at radius 3 is 2.50 bits per heavy atom. The molecule has 1 N–H and O–H groups in total. The lowest BCUT2D eigenvalue weighted by molar-refractivity contribution is -0.138. The molecule has 1 aromatic rings. The Bertz CT molecular complexity index is 975. The molecule has 0 aromatic heterocycles. The fourth-order valence-corrected chi connectivity index (χ4v) is 4.84. The molecule has 2 aliphatic rings.